The first kappa shape index (κ1) is 20.6. The van der Waals surface area contributed by atoms with Crippen LogP contribution in [0.2, 0.25) is 0 Å². The van der Waals surface area contributed by atoms with Crippen molar-refractivity contribution < 1.29 is 9.47 Å². The molecule has 0 radical (unpaired) electrons. The molecule has 0 atom stereocenters. The number of methoxy groups -OCH3 is 1. The summed E-state index contributed by atoms with van der Waals surface area (Å²) in [6.45, 7) is 2.98. The molecule has 8 heteroatoms. The Kier molecular flexibility index (Phi) is 6.28. The molecule has 2 aromatic carbocycles. The zero-order chi connectivity index (χ0) is 21.6. The first-order valence-corrected chi connectivity index (χ1v) is 10.2. The van der Waals surface area contributed by atoms with Crippen LogP contribution in [0.1, 0.15) is 16.7 Å². The first-order chi connectivity index (χ1) is 15.2. The molecule has 0 saturated carbocycles. The van der Waals surface area contributed by atoms with Crippen LogP contribution in [0.25, 0.3) is 11.4 Å². The molecule has 4 rings (SSSR count). The molecule has 4 aromatic rings. The van der Waals surface area contributed by atoms with Crippen molar-refractivity contribution in [1.29, 1.82) is 0 Å². The predicted molar refractivity (Wildman–Crippen MR) is 122 cm³/mol. The fourth-order valence-electron chi connectivity index (χ4n) is 3.28. The van der Waals surface area contributed by atoms with E-state index in [2.05, 4.69) is 39.7 Å². The highest BCUT2D eigenvalue weighted by Gasteiger charge is 2.13. The lowest BCUT2D eigenvalue weighted by atomic mass is 10.1. The molecule has 7 nitrogen and oxygen atoms in total. The summed E-state index contributed by atoms with van der Waals surface area (Å²) in [6.07, 6.45) is 3.44. The Morgan fingerprint density at radius 3 is 2.68 bits per heavy atom. The Morgan fingerprint density at radius 1 is 1.10 bits per heavy atom. The van der Waals surface area contributed by atoms with E-state index in [9.17, 15) is 0 Å². The standard InChI is InChI=1S/C23H23N5O2S/c1-16-5-3-6-17(13-16)15-30-21-19(7-4-8-20(21)29-2)14-25-28-22(26-27-23(28)31)18-9-11-24-12-10-18/h3-13,25H,14-15H2,1-2H3,(H,27,31). The van der Waals surface area contributed by atoms with Crippen LogP contribution in [0, 0.1) is 11.7 Å². The molecule has 31 heavy (non-hydrogen) atoms. The summed E-state index contributed by atoms with van der Waals surface area (Å²) < 4.78 is 13.9. The molecule has 2 aromatic heterocycles. The molecular weight excluding hydrogens is 410 g/mol. The van der Waals surface area contributed by atoms with Gasteiger partial charge in [-0.2, -0.15) is 5.10 Å². The molecule has 0 amide bonds. The minimum atomic E-state index is 0.447. The van der Waals surface area contributed by atoms with Crippen molar-refractivity contribution in [3.8, 4) is 22.9 Å². The van der Waals surface area contributed by atoms with E-state index < -0.39 is 0 Å². The number of pyridine rings is 1. The third-order valence-electron chi connectivity index (χ3n) is 4.78. The second kappa shape index (κ2) is 9.44. The molecule has 158 valence electrons. The molecule has 0 fully saturated rings. The molecule has 0 saturated heterocycles. The number of ether oxygens (including phenoxy) is 2. The zero-order valence-corrected chi connectivity index (χ0v) is 18.1. The largest absolute Gasteiger partial charge is 0.493 e. The maximum Gasteiger partial charge on any atom is 0.214 e. The van der Waals surface area contributed by atoms with Gasteiger partial charge in [0.25, 0.3) is 0 Å². The maximum atomic E-state index is 6.18. The monoisotopic (exact) mass is 433 g/mol. The summed E-state index contributed by atoms with van der Waals surface area (Å²) >= 11 is 5.41. The van der Waals surface area contributed by atoms with Crippen molar-refractivity contribution >= 4 is 12.2 Å². The van der Waals surface area contributed by atoms with Crippen molar-refractivity contribution in [3.05, 3.63) is 88.5 Å². The average molecular weight is 434 g/mol. The summed E-state index contributed by atoms with van der Waals surface area (Å²) in [5, 5.41) is 7.18. The van der Waals surface area contributed by atoms with Crippen LogP contribution in [0.5, 0.6) is 11.5 Å². The van der Waals surface area contributed by atoms with E-state index in [1.54, 1.807) is 24.2 Å². The van der Waals surface area contributed by atoms with Gasteiger partial charge in [0.2, 0.25) is 4.77 Å². The number of hydrogen-bond acceptors (Lipinski definition) is 6. The smallest absolute Gasteiger partial charge is 0.214 e. The second-order valence-corrected chi connectivity index (χ2v) is 7.37. The third kappa shape index (κ3) is 4.75. The van der Waals surface area contributed by atoms with Crippen molar-refractivity contribution in [1.82, 2.24) is 19.9 Å². The number of nitrogens with zero attached hydrogens (tertiary/aromatic N) is 3. The lowest BCUT2D eigenvalue weighted by molar-refractivity contribution is 0.281. The van der Waals surface area contributed by atoms with Gasteiger partial charge in [0.05, 0.1) is 13.7 Å². The Bertz CT molecular complexity index is 1220. The number of para-hydroxylation sites is 1. The van der Waals surface area contributed by atoms with Gasteiger partial charge in [-0.15, -0.1) is 0 Å². The SMILES string of the molecule is COc1cccc(CNn2c(-c3ccncc3)n[nH]c2=S)c1OCc1cccc(C)c1. The topological polar surface area (TPSA) is 77.0 Å². The van der Waals surface area contributed by atoms with E-state index in [0.717, 1.165) is 16.7 Å². The van der Waals surface area contributed by atoms with E-state index in [-0.39, 0.29) is 0 Å². The van der Waals surface area contributed by atoms with E-state index >= 15 is 0 Å². The molecule has 0 aliphatic heterocycles. The minimum absolute atomic E-state index is 0.447. The lowest BCUT2D eigenvalue weighted by Crippen LogP contribution is -2.16. The van der Waals surface area contributed by atoms with Crippen molar-refractivity contribution in [2.75, 3.05) is 12.5 Å². The van der Waals surface area contributed by atoms with Crippen molar-refractivity contribution in [2.45, 2.75) is 20.1 Å². The van der Waals surface area contributed by atoms with Crippen LogP contribution in [-0.4, -0.2) is 27.0 Å². The van der Waals surface area contributed by atoms with E-state index in [0.29, 0.717) is 35.2 Å². The molecule has 0 unspecified atom stereocenters. The predicted octanol–water partition coefficient (Wildman–Crippen LogP) is 4.64. The normalized spacial score (nSPS) is 10.6. The van der Waals surface area contributed by atoms with E-state index in [1.165, 1.54) is 5.56 Å². The molecule has 2 N–H and O–H groups in total. The van der Waals surface area contributed by atoms with E-state index in [4.69, 9.17) is 21.7 Å². The van der Waals surface area contributed by atoms with Gasteiger partial charge in [-0.25, -0.2) is 9.77 Å². The van der Waals surface area contributed by atoms with Gasteiger partial charge in [-0.3, -0.25) is 4.98 Å². The van der Waals surface area contributed by atoms with Crippen LogP contribution in [-0.2, 0) is 13.2 Å². The summed E-state index contributed by atoms with van der Waals surface area (Å²) in [5.41, 5.74) is 7.47. The Labute approximate surface area is 185 Å². The number of nitrogens with one attached hydrogen (secondary N) is 2. The minimum Gasteiger partial charge on any atom is -0.493 e. The molecule has 0 spiro atoms. The number of benzene rings is 2. The van der Waals surface area contributed by atoms with Crippen molar-refractivity contribution in [2.24, 2.45) is 0 Å². The number of aryl methyl sites for hydroxylation is 1. The summed E-state index contributed by atoms with van der Waals surface area (Å²) in [5.74, 6) is 2.05. The quantitative estimate of drug-likeness (QED) is 0.394. The van der Waals surface area contributed by atoms with Crippen molar-refractivity contribution in [3.63, 3.8) is 0 Å². The van der Waals surface area contributed by atoms with Crippen LogP contribution in [0.3, 0.4) is 0 Å². The Hall–Kier alpha value is -3.65. The van der Waals surface area contributed by atoms with Gasteiger partial charge in [-0.05, 0) is 42.9 Å². The maximum absolute atomic E-state index is 6.18. The highest BCUT2D eigenvalue weighted by atomic mass is 32.1. The molecule has 0 bridgehead atoms. The van der Waals surface area contributed by atoms with Gasteiger partial charge in [-0.1, -0.05) is 42.0 Å². The average Bonchev–Trinajstić information content (AvgIpc) is 3.17. The number of aromatic nitrogens is 4. The summed E-state index contributed by atoms with van der Waals surface area (Å²) in [4.78, 5) is 4.06. The summed E-state index contributed by atoms with van der Waals surface area (Å²) in [6, 6.07) is 17.8. The Morgan fingerprint density at radius 2 is 1.90 bits per heavy atom. The number of H-pyrrole nitrogens is 1. The first-order valence-electron chi connectivity index (χ1n) is 9.81. The molecule has 0 aliphatic rings. The van der Waals surface area contributed by atoms with Gasteiger partial charge >= 0.3 is 0 Å². The second-order valence-electron chi connectivity index (χ2n) is 6.98. The van der Waals surface area contributed by atoms with Gasteiger partial charge < -0.3 is 14.9 Å². The van der Waals surface area contributed by atoms with Gasteiger partial charge in [0.1, 0.15) is 6.61 Å². The Balaban J connectivity index is 1.57. The number of hydrogen-bond donors (Lipinski definition) is 2. The molecule has 2 heterocycles. The van der Waals surface area contributed by atoms with E-state index in [1.807, 2.05) is 42.5 Å². The third-order valence-corrected chi connectivity index (χ3v) is 5.06. The fraction of sp³-hybridized carbons (Fsp3) is 0.174. The lowest BCUT2D eigenvalue weighted by Gasteiger charge is -2.17. The number of aromatic amines is 1. The molecular formula is C23H23N5O2S. The highest BCUT2D eigenvalue weighted by Crippen LogP contribution is 2.32. The van der Waals surface area contributed by atoms with Gasteiger partial charge in [0, 0.05) is 23.5 Å². The zero-order valence-electron chi connectivity index (χ0n) is 17.3. The fourth-order valence-corrected chi connectivity index (χ4v) is 3.48. The van der Waals surface area contributed by atoms with Crippen LogP contribution in [0.4, 0.5) is 0 Å². The van der Waals surface area contributed by atoms with Crippen LogP contribution >= 0.6 is 12.2 Å². The van der Waals surface area contributed by atoms with Gasteiger partial charge in [0.15, 0.2) is 17.3 Å². The highest BCUT2D eigenvalue weighted by molar-refractivity contribution is 7.71. The van der Waals surface area contributed by atoms with Crippen LogP contribution < -0.4 is 14.9 Å². The van der Waals surface area contributed by atoms with Crippen LogP contribution in [0.15, 0.2) is 67.0 Å². The summed E-state index contributed by atoms with van der Waals surface area (Å²) in [7, 11) is 1.64. The molecule has 0 aliphatic carbocycles. The number of rotatable bonds is 8.